The molecule has 5 heteroatoms. The van der Waals surface area contributed by atoms with Crippen LogP contribution in [0.25, 0.3) is 33.2 Å². The summed E-state index contributed by atoms with van der Waals surface area (Å²) in [6, 6.07) is 20.8. The van der Waals surface area contributed by atoms with Crippen LogP contribution in [0.1, 0.15) is 17.5 Å². The van der Waals surface area contributed by atoms with E-state index in [4.69, 9.17) is 9.68 Å². The van der Waals surface area contributed by atoms with Gasteiger partial charge in [-0.3, -0.25) is 0 Å². The predicted octanol–water partition coefficient (Wildman–Crippen LogP) is 5.23. The molecule has 1 aliphatic heterocycles. The number of benzene rings is 3. The van der Waals surface area contributed by atoms with Gasteiger partial charge in [-0.05, 0) is 71.6 Å². The number of furan rings is 1. The molecule has 5 rings (SSSR count). The molecule has 2 N–H and O–H groups in total. The molecule has 1 fully saturated rings. The van der Waals surface area contributed by atoms with E-state index in [2.05, 4.69) is 22.8 Å². The van der Waals surface area contributed by atoms with Crippen molar-refractivity contribution in [2.24, 2.45) is 0 Å². The maximum absolute atomic E-state index is 14.0. The number of nitriles is 1. The van der Waals surface area contributed by atoms with E-state index in [1.807, 2.05) is 24.3 Å². The molecule has 31 heavy (non-hydrogen) atoms. The lowest BCUT2D eigenvalue weighted by Crippen LogP contribution is -2.30. The van der Waals surface area contributed by atoms with Crippen molar-refractivity contribution in [2.45, 2.75) is 19.0 Å². The van der Waals surface area contributed by atoms with Gasteiger partial charge in [0.1, 0.15) is 11.4 Å². The molecule has 0 aliphatic carbocycles. The quantitative estimate of drug-likeness (QED) is 0.472. The highest BCUT2D eigenvalue weighted by atomic mass is 19.1. The minimum absolute atomic E-state index is 0.280. The van der Waals surface area contributed by atoms with Crippen molar-refractivity contribution in [3.8, 4) is 28.3 Å². The van der Waals surface area contributed by atoms with Gasteiger partial charge < -0.3 is 15.1 Å². The molecule has 1 unspecified atom stereocenters. The summed E-state index contributed by atoms with van der Waals surface area (Å²) in [4.78, 5) is 0. The van der Waals surface area contributed by atoms with Crippen molar-refractivity contribution >= 4 is 11.0 Å². The third-order valence-electron chi connectivity index (χ3n) is 5.90. The highest BCUT2D eigenvalue weighted by Gasteiger charge is 2.17. The number of rotatable bonds is 5. The van der Waals surface area contributed by atoms with Gasteiger partial charge in [-0.1, -0.05) is 24.3 Å². The van der Waals surface area contributed by atoms with Gasteiger partial charge in [0.15, 0.2) is 0 Å². The molecule has 1 atom stereocenters. The van der Waals surface area contributed by atoms with Gasteiger partial charge in [-0.15, -0.1) is 0 Å². The second kappa shape index (κ2) is 8.35. The van der Waals surface area contributed by atoms with Crippen LogP contribution in [0.5, 0.6) is 0 Å². The Hall–Kier alpha value is -3.46. The Morgan fingerprint density at radius 3 is 2.65 bits per heavy atom. The van der Waals surface area contributed by atoms with Crippen LogP contribution in [-0.2, 0) is 6.54 Å². The Balaban J connectivity index is 1.61. The zero-order valence-corrected chi connectivity index (χ0v) is 17.0. The van der Waals surface area contributed by atoms with Crippen molar-refractivity contribution in [1.29, 1.82) is 5.26 Å². The smallest absolute Gasteiger partial charge is 0.134 e. The fraction of sp³-hybridized carbons (Fsp3) is 0.192. The lowest BCUT2D eigenvalue weighted by molar-refractivity contribution is 0.541. The van der Waals surface area contributed by atoms with E-state index in [1.54, 1.807) is 24.5 Å². The number of fused-ring (bicyclic) bond motifs is 1. The van der Waals surface area contributed by atoms with Crippen LogP contribution in [0.3, 0.4) is 0 Å². The van der Waals surface area contributed by atoms with Crippen molar-refractivity contribution in [3.63, 3.8) is 0 Å². The normalized spacial score (nSPS) is 15.9. The Bertz CT molecular complexity index is 1260. The van der Waals surface area contributed by atoms with Crippen molar-refractivity contribution in [2.75, 3.05) is 13.1 Å². The summed E-state index contributed by atoms with van der Waals surface area (Å²) in [5, 5.41) is 17.2. The molecule has 0 bridgehead atoms. The molecule has 0 radical (unpaired) electrons. The van der Waals surface area contributed by atoms with Gasteiger partial charge in [-0.25, -0.2) is 4.39 Å². The van der Waals surface area contributed by atoms with Crippen molar-refractivity contribution in [3.05, 3.63) is 83.9 Å². The maximum atomic E-state index is 14.0. The topological polar surface area (TPSA) is 61.0 Å². The molecule has 0 spiro atoms. The van der Waals surface area contributed by atoms with E-state index >= 15 is 0 Å². The van der Waals surface area contributed by atoms with E-state index in [-0.39, 0.29) is 5.82 Å². The molecular weight excluding hydrogens is 389 g/mol. The lowest BCUT2D eigenvalue weighted by Gasteiger charge is -2.13. The van der Waals surface area contributed by atoms with Crippen molar-refractivity contribution in [1.82, 2.24) is 10.6 Å². The highest BCUT2D eigenvalue weighted by molar-refractivity contribution is 5.95. The molecule has 3 aromatic carbocycles. The monoisotopic (exact) mass is 411 g/mol. The first-order chi connectivity index (χ1) is 15.2. The molecule has 1 aromatic heterocycles. The first kappa shape index (κ1) is 19.5. The molecular formula is C26H22FN3O. The Kier molecular flexibility index (Phi) is 5.25. The van der Waals surface area contributed by atoms with Crippen molar-refractivity contribution < 1.29 is 8.81 Å². The van der Waals surface area contributed by atoms with Gasteiger partial charge >= 0.3 is 0 Å². The highest BCUT2D eigenvalue weighted by Crippen LogP contribution is 2.37. The van der Waals surface area contributed by atoms with E-state index < -0.39 is 0 Å². The summed E-state index contributed by atoms with van der Waals surface area (Å²) in [5.41, 5.74) is 6.11. The zero-order valence-electron chi connectivity index (χ0n) is 17.0. The summed E-state index contributed by atoms with van der Waals surface area (Å²) in [6.45, 7) is 2.76. The summed E-state index contributed by atoms with van der Waals surface area (Å²) < 4.78 is 19.9. The van der Waals surface area contributed by atoms with Crippen LogP contribution in [-0.4, -0.2) is 19.1 Å². The number of hydrogen-bond acceptors (Lipinski definition) is 4. The fourth-order valence-corrected chi connectivity index (χ4v) is 4.20. The average molecular weight is 411 g/mol. The van der Waals surface area contributed by atoms with Gasteiger partial charge in [0, 0.05) is 30.1 Å². The number of halogens is 1. The minimum Gasteiger partial charge on any atom is -0.464 e. The molecule has 0 saturated carbocycles. The second-order valence-electron chi connectivity index (χ2n) is 7.93. The lowest BCUT2D eigenvalue weighted by atomic mass is 9.92. The number of hydrogen-bond donors (Lipinski definition) is 2. The molecule has 1 aliphatic rings. The van der Waals surface area contributed by atoms with Crippen LogP contribution in [0, 0.1) is 17.1 Å². The third kappa shape index (κ3) is 3.96. The first-order valence-electron chi connectivity index (χ1n) is 10.5. The Labute approximate surface area is 180 Å². The Morgan fingerprint density at radius 1 is 1.06 bits per heavy atom. The van der Waals surface area contributed by atoms with E-state index in [0.717, 1.165) is 64.8 Å². The van der Waals surface area contributed by atoms with Crippen LogP contribution in [0.15, 0.2) is 71.3 Å². The molecule has 4 nitrogen and oxygen atoms in total. The van der Waals surface area contributed by atoms with Gasteiger partial charge in [-0.2, -0.15) is 5.26 Å². The van der Waals surface area contributed by atoms with Crippen LogP contribution in [0.2, 0.25) is 0 Å². The van der Waals surface area contributed by atoms with Gasteiger partial charge in [0.05, 0.1) is 17.9 Å². The molecule has 4 aromatic rings. The minimum atomic E-state index is -0.280. The first-order valence-corrected chi connectivity index (χ1v) is 10.5. The van der Waals surface area contributed by atoms with Crippen LogP contribution < -0.4 is 10.6 Å². The standard InChI is InChI=1S/C26H22FN3O/c27-21-3-1-2-19(10-21)24-12-26-25(11-23(24)18-6-4-17(13-28)5-7-18)20(16-31-26)14-30-22-8-9-29-15-22/h1-7,10-12,16,22,29-30H,8-9,14-15H2. The number of nitrogens with one attached hydrogen (secondary N) is 2. The molecule has 154 valence electrons. The molecule has 0 amide bonds. The van der Waals surface area contributed by atoms with E-state index in [9.17, 15) is 4.39 Å². The summed E-state index contributed by atoms with van der Waals surface area (Å²) >= 11 is 0. The second-order valence-corrected chi connectivity index (χ2v) is 7.93. The zero-order chi connectivity index (χ0) is 21.2. The SMILES string of the molecule is N#Cc1ccc(-c2cc3c(CNC4CCNC4)coc3cc2-c2cccc(F)c2)cc1. The van der Waals surface area contributed by atoms with E-state index in [1.165, 1.54) is 12.1 Å². The molecule has 2 heterocycles. The average Bonchev–Trinajstić information content (AvgIpc) is 3.46. The van der Waals surface area contributed by atoms with Crippen LogP contribution in [0.4, 0.5) is 4.39 Å². The van der Waals surface area contributed by atoms with Gasteiger partial charge in [0.25, 0.3) is 0 Å². The largest absolute Gasteiger partial charge is 0.464 e. The fourth-order valence-electron chi connectivity index (χ4n) is 4.20. The van der Waals surface area contributed by atoms with E-state index in [0.29, 0.717) is 11.6 Å². The Morgan fingerprint density at radius 2 is 1.90 bits per heavy atom. The van der Waals surface area contributed by atoms with Gasteiger partial charge in [0.2, 0.25) is 0 Å². The predicted molar refractivity (Wildman–Crippen MR) is 120 cm³/mol. The third-order valence-corrected chi connectivity index (χ3v) is 5.90. The van der Waals surface area contributed by atoms with Crippen LogP contribution >= 0.6 is 0 Å². The summed E-state index contributed by atoms with van der Waals surface area (Å²) in [5.74, 6) is -0.280. The summed E-state index contributed by atoms with van der Waals surface area (Å²) in [6.07, 6.45) is 2.92. The maximum Gasteiger partial charge on any atom is 0.134 e. The molecule has 1 saturated heterocycles. The number of nitrogens with zero attached hydrogens (tertiary/aromatic N) is 1. The summed E-state index contributed by atoms with van der Waals surface area (Å²) in [7, 11) is 0.